The number of hydrogen-bond acceptors (Lipinski definition) is 5. The first-order valence-corrected chi connectivity index (χ1v) is 6.55. The minimum Gasteiger partial charge on any atom is -0.467 e. The second-order valence-electron chi connectivity index (χ2n) is 4.58. The second kappa shape index (κ2) is 6.89. The summed E-state index contributed by atoms with van der Waals surface area (Å²) in [4.78, 5) is 2.37. The molecule has 18 heavy (non-hydrogen) atoms. The van der Waals surface area contributed by atoms with Crippen LogP contribution in [0.5, 0.6) is 0 Å². The van der Waals surface area contributed by atoms with Gasteiger partial charge in [0.15, 0.2) is 0 Å². The van der Waals surface area contributed by atoms with E-state index in [0.717, 1.165) is 32.8 Å². The number of nitrogens with one attached hydrogen (secondary N) is 1. The molecule has 0 radical (unpaired) electrons. The Kier molecular flexibility index (Phi) is 5.19. The standard InChI is InChI=1S/C13H22N2O3/c1-2-15-5-7-17-11(10-15)8-14-9-12(16)13-4-3-6-18-13/h3-4,6,11-12,14,16H,2,5,7-10H2,1H3. The third-order valence-corrected chi connectivity index (χ3v) is 3.25. The van der Waals surface area contributed by atoms with Crippen molar-refractivity contribution in [2.24, 2.45) is 0 Å². The number of likely N-dealkylation sites (N-methyl/N-ethyl adjacent to an activating group) is 1. The van der Waals surface area contributed by atoms with Gasteiger partial charge in [-0.3, -0.25) is 4.90 Å². The van der Waals surface area contributed by atoms with Crippen molar-refractivity contribution in [2.45, 2.75) is 19.1 Å². The molecule has 5 heteroatoms. The summed E-state index contributed by atoms with van der Waals surface area (Å²) in [5.74, 6) is 0.599. The van der Waals surface area contributed by atoms with Gasteiger partial charge in [-0.2, -0.15) is 0 Å². The largest absolute Gasteiger partial charge is 0.467 e. The highest BCUT2D eigenvalue weighted by Crippen LogP contribution is 2.11. The van der Waals surface area contributed by atoms with Gasteiger partial charge in [0, 0.05) is 26.2 Å². The number of ether oxygens (including phenoxy) is 1. The molecule has 1 saturated heterocycles. The summed E-state index contributed by atoms with van der Waals surface area (Å²) in [5, 5.41) is 13.1. The first kappa shape index (κ1) is 13.5. The van der Waals surface area contributed by atoms with Gasteiger partial charge >= 0.3 is 0 Å². The van der Waals surface area contributed by atoms with E-state index in [-0.39, 0.29) is 6.10 Å². The predicted molar refractivity (Wildman–Crippen MR) is 68.4 cm³/mol. The first-order chi connectivity index (χ1) is 8.79. The SMILES string of the molecule is CCN1CCOC(CNCC(O)c2ccco2)C1. The van der Waals surface area contributed by atoms with E-state index in [1.165, 1.54) is 0 Å². The van der Waals surface area contributed by atoms with Crippen molar-refractivity contribution in [3.05, 3.63) is 24.2 Å². The van der Waals surface area contributed by atoms with Crippen LogP contribution >= 0.6 is 0 Å². The zero-order chi connectivity index (χ0) is 12.8. The van der Waals surface area contributed by atoms with Crippen LogP contribution in [0, 0.1) is 0 Å². The topological polar surface area (TPSA) is 57.9 Å². The number of aliphatic hydroxyl groups excluding tert-OH is 1. The zero-order valence-corrected chi connectivity index (χ0v) is 10.8. The minimum absolute atomic E-state index is 0.211. The molecule has 0 amide bonds. The average Bonchev–Trinajstić information content (AvgIpc) is 2.93. The minimum atomic E-state index is -0.592. The van der Waals surface area contributed by atoms with Crippen LogP contribution in [0.4, 0.5) is 0 Å². The van der Waals surface area contributed by atoms with Crippen LogP contribution in [0.2, 0.25) is 0 Å². The summed E-state index contributed by atoms with van der Waals surface area (Å²) >= 11 is 0. The van der Waals surface area contributed by atoms with Crippen LogP contribution in [0.3, 0.4) is 0 Å². The van der Waals surface area contributed by atoms with Crippen molar-refractivity contribution < 1.29 is 14.3 Å². The molecule has 1 aromatic heterocycles. The Morgan fingerprint density at radius 3 is 3.22 bits per heavy atom. The van der Waals surface area contributed by atoms with Crippen molar-refractivity contribution in [2.75, 3.05) is 39.3 Å². The van der Waals surface area contributed by atoms with Crippen LogP contribution in [0.25, 0.3) is 0 Å². The predicted octanol–water partition coefficient (Wildman–Crippen LogP) is 0.623. The highest BCUT2D eigenvalue weighted by molar-refractivity contribution is 5.02. The second-order valence-corrected chi connectivity index (χ2v) is 4.58. The number of aliphatic hydroxyl groups is 1. The molecule has 0 spiro atoms. The van der Waals surface area contributed by atoms with Gasteiger partial charge in [-0.15, -0.1) is 0 Å². The first-order valence-electron chi connectivity index (χ1n) is 6.55. The Labute approximate surface area is 108 Å². The van der Waals surface area contributed by atoms with E-state index in [2.05, 4.69) is 17.1 Å². The van der Waals surface area contributed by atoms with Crippen LogP contribution in [0.1, 0.15) is 18.8 Å². The maximum absolute atomic E-state index is 9.83. The molecule has 5 nitrogen and oxygen atoms in total. The lowest BCUT2D eigenvalue weighted by molar-refractivity contribution is -0.0263. The molecular formula is C13H22N2O3. The fraction of sp³-hybridized carbons (Fsp3) is 0.692. The molecule has 1 aliphatic heterocycles. The Balaban J connectivity index is 1.66. The highest BCUT2D eigenvalue weighted by Gasteiger charge is 2.19. The monoisotopic (exact) mass is 254 g/mol. The summed E-state index contributed by atoms with van der Waals surface area (Å²) in [6.07, 6.45) is 1.19. The Hall–Kier alpha value is -0.880. The molecule has 2 N–H and O–H groups in total. The zero-order valence-electron chi connectivity index (χ0n) is 10.8. The van der Waals surface area contributed by atoms with Crippen molar-refractivity contribution >= 4 is 0 Å². The van der Waals surface area contributed by atoms with E-state index in [0.29, 0.717) is 12.3 Å². The molecule has 2 rings (SSSR count). The summed E-state index contributed by atoms with van der Waals surface area (Å²) in [5.41, 5.74) is 0. The van der Waals surface area contributed by atoms with Crippen molar-refractivity contribution in [3.8, 4) is 0 Å². The van der Waals surface area contributed by atoms with Gasteiger partial charge in [0.05, 0.1) is 19.0 Å². The third kappa shape index (κ3) is 3.81. The van der Waals surface area contributed by atoms with E-state index >= 15 is 0 Å². The summed E-state index contributed by atoms with van der Waals surface area (Å²) in [6, 6.07) is 3.56. The smallest absolute Gasteiger partial charge is 0.133 e. The molecule has 2 heterocycles. The number of rotatable bonds is 6. The molecule has 0 saturated carbocycles. The van der Waals surface area contributed by atoms with Gasteiger partial charge in [-0.05, 0) is 18.7 Å². The third-order valence-electron chi connectivity index (χ3n) is 3.25. The normalized spacial score (nSPS) is 23.1. The highest BCUT2D eigenvalue weighted by atomic mass is 16.5. The van der Waals surface area contributed by atoms with Gasteiger partial charge in [0.2, 0.25) is 0 Å². The van der Waals surface area contributed by atoms with E-state index < -0.39 is 6.10 Å². The lowest BCUT2D eigenvalue weighted by atomic mass is 10.2. The Morgan fingerprint density at radius 1 is 1.61 bits per heavy atom. The molecule has 2 unspecified atom stereocenters. The Bertz CT molecular complexity index is 329. The molecule has 1 aliphatic rings. The van der Waals surface area contributed by atoms with Gasteiger partial charge < -0.3 is 19.6 Å². The van der Waals surface area contributed by atoms with Crippen LogP contribution < -0.4 is 5.32 Å². The lowest BCUT2D eigenvalue weighted by Crippen LogP contribution is -2.46. The number of nitrogens with zero attached hydrogens (tertiary/aromatic N) is 1. The van der Waals surface area contributed by atoms with E-state index in [9.17, 15) is 5.11 Å². The molecule has 102 valence electrons. The molecule has 2 atom stereocenters. The van der Waals surface area contributed by atoms with E-state index in [1.807, 2.05) is 0 Å². The number of morpholine rings is 1. The fourth-order valence-electron chi connectivity index (χ4n) is 2.15. The van der Waals surface area contributed by atoms with Crippen LogP contribution in [-0.4, -0.2) is 55.4 Å². The quantitative estimate of drug-likeness (QED) is 0.779. The molecular weight excluding hydrogens is 232 g/mol. The van der Waals surface area contributed by atoms with Gasteiger partial charge in [0.1, 0.15) is 11.9 Å². The molecule has 0 aromatic carbocycles. The maximum Gasteiger partial charge on any atom is 0.133 e. The van der Waals surface area contributed by atoms with Gasteiger partial charge in [-0.25, -0.2) is 0 Å². The summed E-state index contributed by atoms with van der Waals surface area (Å²) in [7, 11) is 0. The van der Waals surface area contributed by atoms with Gasteiger partial charge in [-0.1, -0.05) is 6.92 Å². The summed E-state index contributed by atoms with van der Waals surface area (Å²) < 4.78 is 10.8. The van der Waals surface area contributed by atoms with Gasteiger partial charge in [0.25, 0.3) is 0 Å². The fourth-order valence-corrected chi connectivity index (χ4v) is 2.15. The van der Waals surface area contributed by atoms with Crippen molar-refractivity contribution in [1.29, 1.82) is 0 Å². The molecule has 1 aromatic rings. The van der Waals surface area contributed by atoms with E-state index in [4.69, 9.17) is 9.15 Å². The average molecular weight is 254 g/mol. The van der Waals surface area contributed by atoms with Crippen LogP contribution in [-0.2, 0) is 4.74 Å². The number of hydrogen-bond donors (Lipinski definition) is 2. The number of furan rings is 1. The van der Waals surface area contributed by atoms with E-state index in [1.54, 1.807) is 18.4 Å². The molecule has 1 fully saturated rings. The Morgan fingerprint density at radius 2 is 2.50 bits per heavy atom. The lowest BCUT2D eigenvalue weighted by Gasteiger charge is -2.32. The maximum atomic E-state index is 9.83. The molecule has 0 bridgehead atoms. The molecule has 0 aliphatic carbocycles. The van der Waals surface area contributed by atoms with Crippen molar-refractivity contribution in [1.82, 2.24) is 10.2 Å². The van der Waals surface area contributed by atoms with Crippen molar-refractivity contribution in [3.63, 3.8) is 0 Å². The van der Waals surface area contributed by atoms with Crippen LogP contribution in [0.15, 0.2) is 22.8 Å². The summed E-state index contributed by atoms with van der Waals surface area (Å²) in [6.45, 7) is 7.24.